The Kier molecular flexibility index (Phi) is 4.28. The van der Waals surface area contributed by atoms with Crippen molar-refractivity contribution in [1.29, 1.82) is 0 Å². The summed E-state index contributed by atoms with van der Waals surface area (Å²) in [4.78, 5) is 20.8. The number of aromatic nitrogens is 3. The lowest BCUT2D eigenvalue weighted by molar-refractivity contribution is 0.0941. The number of hydrogen-bond acceptors (Lipinski definition) is 2. The first-order chi connectivity index (χ1) is 13.0. The van der Waals surface area contributed by atoms with Gasteiger partial charge in [0, 0.05) is 41.6 Å². The number of benzene rings is 2. The molecular formula is C22H22N4O. The fraction of sp³-hybridized carbons (Fsp3) is 0.182. The highest BCUT2D eigenvalue weighted by atomic mass is 16.1. The van der Waals surface area contributed by atoms with Gasteiger partial charge < -0.3 is 14.9 Å². The summed E-state index contributed by atoms with van der Waals surface area (Å²) in [5.41, 5.74) is 4.97. The summed E-state index contributed by atoms with van der Waals surface area (Å²) in [7, 11) is 1.93. The lowest BCUT2D eigenvalue weighted by Gasteiger charge is -2.19. The van der Waals surface area contributed by atoms with Crippen molar-refractivity contribution in [2.75, 3.05) is 0 Å². The van der Waals surface area contributed by atoms with Crippen LogP contribution in [-0.2, 0) is 7.05 Å². The SMILES string of the molecule is Cc1[nH]c2ccc(C(=O)NC(c3ccccc3)c3nccn3C)cc2c1C. The second-order valence-corrected chi connectivity index (χ2v) is 6.85. The smallest absolute Gasteiger partial charge is 0.252 e. The highest BCUT2D eigenvalue weighted by Gasteiger charge is 2.21. The molecule has 0 aliphatic rings. The molecule has 0 saturated carbocycles. The molecule has 4 aromatic rings. The van der Waals surface area contributed by atoms with Crippen LogP contribution in [0.2, 0.25) is 0 Å². The Morgan fingerprint density at radius 2 is 1.93 bits per heavy atom. The molecule has 2 heterocycles. The molecule has 0 spiro atoms. The molecule has 1 atom stereocenters. The van der Waals surface area contributed by atoms with Crippen LogP contribution < -0.4 is 5.32 Å². The Bertz CT molecular complexity index is 1110. The number of aryl methyl sites for hydroxylation is 3. The second kappa shape index (κ2) is 6.76. The number of aromatic amines is 1. The fourth-order valence-corrected chi connectivity index (χ4v) is 3.41. The van der Waals surface area contributed by atoms with Crippen molar-refractivity contribution in [3.63, 3.8) is 0 Å². The van der Waals surface area contributed by atoms with Gasteiger partial charge in [-0.05, 0) is 43.2 Å². The van der Waals surface area contributed by atoms with E-state index in [0.717, 1.165) is 28.0 Å². The van der Waals surface area contributed by atoms with E-state index in [0.29, 0.717) is 5.56 Å². The number of carbonyl (C=O) groups excluding carboxylic acids is 1. The highest BCUT2D eigenvalue weighted by molar-refractivity contribution is 5.99. The van der Waals surface area contributed by atoms with Crippen LogP contribution in [0.4, 0.5) is 0 Å². The number of carbonyl (C=O) groups is 1. The third-order valence-corrected chi connectivity index (χ3v) is 5.10. The maximum absolute atomic E-state index is 13.0. The maximum Gasteiger partial charge on any atom is 0.252 e. The van der Waals surface area contributed by atoms with Crippen molar-refractivity contribution < 1.29 is 4.79 Å². The van der Waals surface area contributed by atoms with E-state index in [9.17, 15) is 4.79 Å². The third kappa shape index (κ3) is 3.12. The molecule has 1 amide bonds. The zero-order valence-electron chi connectivity index (χ0n) is 15.7. The number of nitrogens with zero attached hydrogens (tertiary/aromatic N) is 2. The van der Waals surface area contributed by atoms with Crippen molar-refractivity contribution in [2.45, 2.75) is 19.9 Å². The molecule has 0 radical (unpaired) electrons. The third-order valence-electron chi connectivity index (χ3n) is 5.10. The molecule has 4 rings (SSSR count). The largest absolute Gasteiger partial charge is 0.358 e. The molecule has 5 heteroatoms. The molecule has 0 aliphatic carbocycles. The molecule has 2 aromatic carbocycles. The van der Waals surface area contributed by atoms with Crippen molar-refractivity contribution in [3.8, 4) is 0 Å². The topological polar surface area (TPSA) is 62.7 Å². The number of H-pyrrole nitrogens is 1. The lowest BCUT2D eigenvalue weighted by Crippen LogP contribution is -2.31. The van der Waals surface area contributed by atoms with Crippen LogP contribution in [0.25, 0.3) is 10.9 Å². The number of rotatable bonds is 4. The predicted molar refractivity (Wildman–Crippen MR) is 107 cm³/mol. The summed E-state index contributed by atoms with van der Waals surface area (Å²) >= 11 is 0. The minimum absolute atomic E-state index is 0.119. The van der Waals surface area contributed by atoms with Gasteiger partial charge in [0.15, 0.2) is 0 Å². The highest BCUT2D eigenvalue weighted by Crippen LogP contribution is 2.24. The molecule has 2 aromatic heterocycles. The molecule has 0 saturated heterocycles. The van der Waals surface area contributed by atoms with Crippen LogP contribution in [0.3, 0.4) is 0 Å². The van der Waals surface area contributed by atoms with E-state index >= 15 is 0 Å². The van der Waals surface area contributed by atoms with Gasteiger partial charge in [-0.2, -0.15) is 0 Å². The minimum Gasteiger partial charge on any atom is -0.358 e. The molecule has 136 valence electrons. The number of imidazole rings is 1. The van der Waals surface area contributed by atoms with Crippen LogP contribution >= 0.6 is 0 Å². The van der Waals surface area contributed by atoms with E-state index in [4.69, 9.17) is 0 Å². The van der Waals surface area contributed by atoms with Crippen molar-refractivity contribution in [3.05, 3.63) is 89.1 Å². The fourth-order valence-electron chi connectivity index (χ4n) is 3.41. The summed E-state index contributed by atoms with van der Waals surface area (Å²) in [5.74, 6) is 0.677. The van der Waals surface area contributed by atoms with Crippen LogP contribution in [0.15, 0.2) is 60.9 Å². The standard InChI is InChI=1S/C22H22N4O/c1-14-15(2)24-19-10-9-17(13-18(14)19)22(27)25-20(16-7-5-4-6-8-16)21-23-11-12-26(21)3/h4-13,20,24H,1-3H3,(H,25,27). The van der Waals surface area contributed by atoms with E-state index in [1.807, 2.05) is 73.3 Å². The predicted octanol–water partition coefficient (Wildman–Crippen LogP) is 4.04. The first-order valence-electron chi connectivity index (χ1n) is 8.96. The van der Waals surface area contributed by atoms with Crippen LogP contribution in [-0.4, -0.2) is 20.4 Å². The average Bonchev–Trinajstić information content (AvgIpc) is 3.23. The van der Waals surface area contributed by atoms with Gasteiger partial charge >= 0.3 is 0 Å². The molecule has 2 N–H and O–H groups in total. The molecule has 0 fully saturated rings. The first kappa shape index (κ1) is 17.1. The van der Waals surface area contributed by atoms with Crippen molar-refractivity contribution in [2.24, 2.45) is 7.05 Å². The Labute approximate surface area is 158 Å². The molecular weight excluding hydrogens is 336 g/mol. The normalized spacial score (nSPS) is 12.3. The Hall–Kier alpha value is -3.34. The van der Waals surface area contributed by atoms with Crippen LogP contribution in [0.1, 0.15) is 39.0 Å². The van der Waals surface area contributed by atoms with Gasteiger partial charge in [-0.15, -0.1) is 0 Å². The van der Waals surface area contributed by atoms with Crippen molar-refractivity contribution in [1.82, 2.24) is 19.9 Å². The molecule has 0 bridgehead atoms. The zero-order valence-corrected chi connectivity index (χ0v) is 15.7. The van der Waals surface area contributed by atoms with Crippen molar-refractivity contribution >= 4 is 16.8 Å². The monoisotopic (exact) mass is 358 g/mol. The molecule has 5 nitrogen and oxygen atoms in total. The van der Waals surface area contributed by atoms with Gasteiger partial charge in [-0.1, -0.05) is 30.3 Å². The van der Waals surface area contributed by atoms with Gasteiger partial charge in [-0.3, -0.25) is 4.79 Å². The van der Waals surface area contributed by atoms with Gasteiger partial charge in [0.2, 0.25) is 0 Å². The number of fused-ring (bicyclic) bond motifs is 1. The second-order valence-electron chi connectivity index (χ2n) is 6.85. The molecule has 0 aliphatic heterocycles. The van der Waals surface area contributed by atoms with E-state index in [1.165, 1.54) is 5.56 Å². The lowest BCUT2D eigenvalue weighted by atomic mass is 10.0. The zero-order chi connectivity index (χ0) is 19.0. The van der Waals surface area contributed by atoms with Gasteiger partial charge in [0.05, 0.1) is 0 Å². The summed E-state index contributed by atoms with van der Waals surface area (Å²) in [6.07, 6.45) is 3.63. The summed E-state index contributed by atoms with van der Waals surface area (Å²) in [5, 5.41) is 4.23. The van der Waals surface area contributed by atoms with Gasteiger partial charge in [0.25, 0.3) is 5.91 Å². The Morgan fingerprint density at radius 3 is 2.63 bits per heavy atom. The average molecular weight is 358 g/mol. The Balaban J connectivity index is 1.70. The van der Waals surface area contributed by atoms with Crippen LogP contribution in [0, 0.1) is 13.8 Å². The number of nitrogens with one attached hydrogen (secondary N) is 2. The molecule has 1 unspecified atom stereocenters. The number of hydrogen-bond donors (Lipinski definition) is 2. The first-order valence-corrected chi connectivity index (χ1v) is 8.96. The summed E-state index contributed by atoms with van der Waals surface area (Å²) < 4.78 is 1.93. The summed E-state index contributed by atoms with van der Waals surface area (Å²) in [6, 6.07) is 15.4. The number of amides is 1. The van der Waals surface area contributed by atoms with E-state index in [2.05, 4.69) is 22.2 Å². The van der Waals surface area contributed by atoms with Crippen LogP contribution in [0.5, 0.6) is 0 Å². The van der Waals surface area contributed by atoms with Gasteiger partial charge in [0.1, 0.15) is 11.9 Å². The molecule has 27 heavy (non-hydrogen) atoms. The van der Waals surface area contributed by atoms with E-state index in [1.54, 1.807) is 6.20 Å². The summed E-state index contributed by atoms with van der Waals surface area (Å²) in [6.45, 7) is 4.11. The van der Waals surface area contributed by atoms with Gasteiger partial charge in [-0.25, -0.2) is 4.98 Å². The van der Waals surface area contributed by atoms with E-state index < -0.39 is 0 Å². The minimum atomic E-state index is -0.316. The quantitative estimate of drug-likeness (QED) is 0.578. The van der Waals surface area contributed by atoms with E-state index in [-0.39, 0.29) is 11.9 Å². The Morgan fingerprint density at radius 1 is 1.15 bits per heavy atom. The maximum atomic E-state index is 13.0.